The first kappa shape index (κ1) is 22.0. The van der Waals surface area contributed by atoms with Crippen molar-refractivity contribution >= 4 is 39.3 Å². The molecule has 1 atom stereocenters. The number of unbranched alkanes of at least 4 members (excludes halogenated alkanes) is 2. The molecule has 2 rings (SSSR count). The molecular formula is C18H32Br2N2Sn-2. The second-order valence-corrected chi connectivity index (χ2v) is 41.6. The molecule has 0 N–H and O–H groups in total. The third-order valence-corrected chi connectivity index (χ3v) is 21.0. The summed E-state index contributed by atoms with van der Waals surface area (Å²) in [6, 6.07) is 0.406. The molecule has 0 aromatic heterocycles. The number of halogens is 2. The van der Waals surface area contributed by atoms with Gasteiger partial charge in [-0.1, -0.05) is 31.4 Å². The van der Waals surface area contributed by atoms with Gasteiger partial charge in [0.05, 0.1) is 0 Å². The van der Waals surface area contributed by atoms with Crippen LogP contribution in [0.3, 0.4) is 0 Å². The van der Waals surface area contributed by atoms with E-state index in [2.05, 4.69) is 68.1 Å². The Balaban J connectivity index is 0.000000232. The van der Waals surface area contributed by atoms with Gasteiger partial charge in [-0.15, -0.1) is 25.2 Å². The molecule has 5 heteroatoms. The van der Waals surface area contributed by atoms with Crippen molar-refractivity contribution in [3.05, 3.63) is 34.6 Å². The normalized spacial score (nSPS) is 21.0. The zero-order valence-electron chi connectivity index (χ0n) is 14.7. The maximum atomic E-state index is 4.56. The van der Waals surface area contributed by atoms with Crippen LogP contribution in [-0.4, -0.2) is 33.1 Å². The monoisotopic (exact) mass is 554 g/mol. The van der Waals surface area contributed by atoms with Gasteiger partial charge in [-0.3, -0.25) is 0 Å². The van der Waals surface area contributed by atoms with Crippen molar-refractivity contribution in [1.29, 1.82) is 0 Å². The maximum absolute atomic E-state index is 4.56. The second-order valence-electron chi connectivity index (χ2n) is 6.34. The van der Waals surface area contributed by atoms with Crippen LogP contribution in [0.4, 0.5) is 0 Å². The Morgan fingerprint density at radius 1 is 1.13 bits per heavy atom. The van der Waals surface area contributed by atoms with E-state index in [0.29, 0.717) is 6.04 Å². The Labute approximate surface area is 159 Å². The Bertz CT molecular complexity index is 354. The van der Waals surface area contributed by atoms with Crippen LogP contribution in [0.15, 0.2) is 23.9 Å². The van der Waals surface area contributed by atoms with Gasteiger partial charge in [0.2, 0.25) is 0 Å². The fraction of sp³-hybridized carbons (Fsp3) is 0.778. The average molecular weight is 555 g/mol. The molecule has 0 radical (unpaired) electrons. The van der Waals surface area contributed by atoms with E-state index in [1.54, 1.807) is 0 Å². The minimum absolute atomic E-state index is 0.406. The molecule has 0 bridgehead atoms. The summed E-state index contributed by atoms with van der Waals surface area (Å²) in [5, 5.41) is 8.99. The van der Waals surface area contributed by atoms with Crippen molar-refractivity contribution in [2.45, 2.75) is 73.7 Å². The van der Waals surface area contributed by atoms with Gasteiger partial charge in [-0.25, -0.2) is 0 Å². The van der Waals surface area contributed by atoms with Gasteiger partial charge in [-0.2, -0.15) is 5.70 Å². The summed E-state index contributed by atoms with van der Waals surface area (Å²) in [5.41, 5.74) is 1.19. The number of piperidine rings is 1. The van der Waals surface area contributed by atoms with Crippen LogP contribution < -0.4 is 0 Å². The van der Waals surface area contributed by atoms with E-state index in [1.165, 1.54) is 59.5 Å². The number of nitrogens with zero attached hydrogens (tertiary/aromatic N) is 2. The molecule has 2 aliphatic heterocycles. The first-order valence-electron chi connectivity index (χ1n) is 9.17. The molecule has 2 heterocycles. The molecule has 0 amide bonds. The van der Waals surface area contributed by atoms with Gasteiger partial charge in [0.1, 0.15) is 0 Å². The summed E-state index contributed by atoms with van der Waals surface area (Å²) in [7, 11) is 0. The van der Waals surface area contributed by atoms with Crippen LogP contribution in [0.5, 0.6) is 0 Å². The van der Waals surface area contributed by atoms with E-state index in [1.807, 2.05) is 0 Å². The summed E-state index contributed by atoms with van der Waals surface area (Å²) in [5.74, 6) is 0. The molecule has 23 heavy (non-hydrogen) atoms. The number of rotatable bonds is 7. The molecule has 1 saturated heterocycles. The Morgan fingerprint density at radius 2 is 1.83 bits per heavy atom. The first-order valence-corrected chi connectivity index (χ1v) is 26.0. The third-order valence-electron chi connectivity index (χ3n) is 4.15. The van der Waals surface area contributed by atoms with Crippen LogP contribution in [0.2, 0.25) is 8.87 Å². The van der Waals surface area contributed by atoms with Gasteiger partial charge >= 0.3 is 87.7 Å². The predicted octanol–water partition coefficient (Wildman–Crippen LogP) is 7.56. The third kappa shape index (κ3) is 10.6. The molecule has 0 saturated carbocycles. The van der Waals surface area contributed by atoms with E-state index >= 15 is 0 Å². The van der Waals surface area contributed by atoms with Crippen LogP contribution in [-0.2, 0) is 0 Å². The number of allylic oxidation sites excluding steroid dienone is 2. The molecule has 0 aromatic carbocycles. The summed E-state index contributed by atoms with van der Waals surface area (Å²) in [4.78, 5) is 0. The van der Waals surface area contributed by atoms with Crippen molar-refractivity contribution < 1.29 is 0 Å². The zero-order valence-corrected chi connectivity index (χ0v) is 20.8. The van der Waals surface area contributed by atoms with Crippen LogP contribution in [0.1, 0.15) is 58.8 Å². The van der Waals surface area contributed by atoms with Crippen LogP contribution in [0, 0.1) is 0 Å². The quantitative estimate of drug-likeness (QED) is 0.291. The molecule has 1 fully saturated rings. The second kappa shape index (κ2) is 13.2. The van der Waals surface area contributed by atoms with Gasteiger partial charge in [-0.05, 0) is 0 Å². The summed E-state index contributed by atoms with van der Waals surface area (Å²) < 4.78 is 2.90. The van der Waals surface area contributed by atoms with Crippen molar-refractivity contribution in [2.24, 2.45) is 0 Å². The first-order chi connectivity index (χ1) is 11.1. The molecule has 134 valence electrons. The molecule has 0 aliphatic carbocycles. The predicted molar refractivity (Wildman–Crippen MR) is 114 cm³/mol. The topological polar surface area (TPSA) is 28.2 Å². The van der Waals surface area contributed by atoms with Gasteiger partial charge < -0.3 is 10.6 Å². The van der Waals surface area contributed by atoms with Crippen molar-refractivity contribution in [1.82, 2.24) is 0 Å². The Kier molecular flexibility index (Phi) is 12.7. The summed E-state index contributed by atoms with van der Waals surface area (Å²) in [6.45, 7) is 6.41. The fourth-order valence-corrected chi connectivity index (χ4v) is 15.9. The van der Waals surface area contributed by atoms with Crippen LogP contribution in [0.25, 0.3) is 10.6 Å². The van der Waals surface area contributed by atoms with Gasteiger partial charge in [0.15, 0.2) is 0 Å². The molecule has 2 nitrogen and oxygen atoms in total. The Morgan fingerprint density at radius 3 is 2.30 bits per heavy atom. The van der Waals surface area contributed by atoms with E-state index in [9.17, 15) is 0 Å². The van der Waals surface area contributed by atoms with Crippen molar-refractivity contribution in [3.8, 4) is 0 Å². The Hall–Kier alpha value is 0.999. The fourth-order valence-electron chi connectivity index (χ4n) is 2.68. The van der Waals surface area contributed by atoms with Gasteiger partial charge in [0, 0.05) is 0 Å². The number of hydrogen-bond donors (Lipinski definition) is 0. The van der Waals surface area contributed by atoms with Crippen molar-refractivity contribution in [3.63, 3.8) is 0 Å². The van der Waals surface area contributed by atoms with Gasteiger partial charge in [0.25, 0.3) is 0 Å². The van der Waals surface area contributed by atoms with Crippen LogP contribution >= 0.6 is 25.4 Å². The van der Waals surface area contributed by atoms with E-state index in [4.69, 9.17) is 0 Å². The minimum atomic E-state index is -1.81. The standard InChI is InChI=1S/C10H14N2.2C4H9.2BrH.Sn/c1-3-7-11-9(5-1)10-6-2-4-8-12-10;2*1-3-4-2;;;/h1,3,5,10H,2,4,6-8H2;2*1,3-4H2,2H3;2*1H;/q-2;;;;;+2/p-2. The van der Waals surface area contributed by atoms with E-state index in [0.717, 1.165) is 13.1 Å². The zero-order chi connectivity index (χ0) is 17.0. The van der Waals surface area contributed by atoms with E-state index < -0.39 is 13.9 Å². The molecular weight excluding hydrogens is 523 g/mol. The molecule has 0 aromatic rings. The molecule has 0 spiro atoms. The SMILES string of the molecule is C1=CC[N-]C(C2CCCC[N-]2)=C1.CCC[CH2][Sn]([Br])([Br])[CH2]CCC. The van der Waals surface area contributed by atoms with E-state index in [-0.39, 0.29) is 0 Å². The van der Waals surface area contributed by atoms with Crippen molar-refractivity contribution in [2.75, 3.05) is 13.1 Å². The number of hydrogen-bond acceptors (Lipinski definition) is 0. The summed E-state index contributed by atoms with van der Waals surface area (Å²) >= 11 is 6.01. The average Bonchev–Trinajstić information content (AvgIpc) is 2.60. The molecule has 1 unspecified atom stereocenters. The molecule has 2 aliphatic rings. The summed E-state index contributed by atoms with van der Waals surface area (Å²) in [6.07, 6.45) is 15.5.